The molecular weight excluding hydrogens is 467 g/mol. The molecule has 1 aromatic rings. The molecule has 0 aromatic heterocycles. The largest absolute Gasteiger partial charge is 0.326 e. The number of nitrogens with one attached hydrogen (secondary N) is 1. The minimum atomic E-state index is -0.0426. The van der Waals surface area contributed by atoms with Gasteiger partial charge in [-0.05, 0) is 104 Å². The van der Waals surface area contributed by atoms with Crippen molar-refractivity contribution in [1.82, 2.24) is 4.90 Å². The van der Waals surface area contributed by atoms with Gasteiger partial charge in [0.15, 0.2) is 0 Å². The predicted octanol–water partition coefficient (Wildman–Crippen LogP) is 3.82. The van der Waals surface area contributed by atoms with Gasteiger partial charge in [-0.15, -0.1) is 0 Å². The van der Waals surface area contributed by atoms with E-state index in [9.17, 15) is 14.4 Å². The molecule has 0 spiro atoms. The second-order valence-electron chi connectivity index (χ2n) is 8.93. The van der Waals surface area contributed by atoms with Gasteiger partial charge in [-0.3, -0.25) is 19.3 Å². The molecule has 3 saturated carbocycles. The highest BCUT2D eigenvalue weighted by Gasteiger charge is 2.61. The van der Waals surface area contributed by atoms with Crippen LogP contribution in [0.5, 0.6) is 0 Å². The second kappa shape index (κ2) is 7.11. The molecule has 1 heterocycles. The first kappa shape index (κ1) is 18.6. The van der Waals surface area contributed by atoms with Gasteiger partial charge < -0.3 is 5.32 Å². The number of anilines is 1. The maximum Gasteiger partial charge on any atom is 0.233 e. The van der Waals surface area contributed by atoms with Crippen LogP contribution in [0.2, 0.25) is 0 Å². The molecule has 2 bridgehead atoms. The standard InChI is InChI=1S/C22H25IN2O3/c23-15-5-7-16(8-6-15)24-20(26)12-3-9-17(10-4-12)25-21(27)18-13-1-2-14(11-13)19(18)22(25)28/h5-8,12-14,17-19H,1-4,9-11H2,(H,24,26)/t12?,13-,14-,17?,18+,19+/m0/s1. The minimum absolute atomic E-state index is 0.00708. The highest BCUT2D eigenvalue weighted by Crippen LogP contribution is 2.56. The van der Waals surface area contributed by atoms with E-state index in [4.69, 9.17) is 0 Å². The summed E-state index contributed by atoms with van der Waals surface area (Å²) in [4.78, 5) is 40.2. The smallest absolute Gasteiger partial charge is 0.233 e. The fraction of sp³-hybridized carbons (Fsp3) is 0.591. The van der Waals surface area contributed by atoms with Gasteiger partial charge >= 0.3 is 0 Å². The maximum absolute atomic E-state index is 13.0. The van der Waals surface area contributed by atoms with Crippen LogP contribution in [0.3, 0.4) is 0 Å². The molecule has 148 valence electrons. The van der Waals surface area contributed by atoms with Crippen LogP contribution in [0.4, 0.5) is 5.69 Å². The van der Waals surface area contributed by atoms with Crippen LogP contribution >= 0.6 is 22.6 Å². The molecule has 3 aliphatic carbocycles. The molecule has 0 radical (unpaired) electrons. The van der Waals surface area contributed by atoms with Gasteiger partial charge in [-0.2, -0.15) is 0 Å². The third-order valence-corrected chi connectivity index (χ3v) is 8.23. The number of benzene rings is 1. The van der Waals surface area contributed by atoms with Crippen molar-refractivity contribution in [3.05, 3.63) is 27.8 Å². The molecule has 4 fully saturated rings. The van der Waals surface area contributed by atoms with Crippen molar-refractivity contribution in [2.75, 3.05) is 5.32 Å². The van der Waals surface area contributed by atoms with E-state index < -0.39 is 0 Å². The Morgan fingerprint density at radius 2 is 1.46 bits per heavy atom. The van der Waals surface area contributed by atoms with E-state index in [1.807, 2.05) is 24.3 Å². The number of hydrogen-bond acceptors (Lipinski definition) is 3. The lowest BCUT2D eigenvalue weighted by molar-refractivity contribution is -0.144. The number of nitrogens with zero attached hydrogens (tertiary/aromatic N) is 1. The minimum Gasteiger partial charge on any atom is -0.326 e. The number of likely N-dealkylation sites (tertiary alicyclic amines) is 1. The number of carbonyl (C=O) groups excluding carboxylic acids is 3. The number of rotatable bonds is 3. The number of amides is 3. The van der Waals surface area contributed by atoms with Gasteiger partial charge in [-0.25, -0.2) is 0 Å². The van der Waals surface area contributed by atoms with Crippen molar-refractivity contribution in [2.24, 2.45) is 29.6 Å². The van der Waals surface area contributed by atoms with E-state index in [-0.39, 0.29) is 41.5 Å². The molecule has 1 saturated heterocycles. The molecular formula is C22H25IN2O3. The van der Waals surface area contributed by atoms with E-state index in [2.05, 4.69) is 27.9 Å². The Morgan fingerprint density at radius 1 is 0.893 bits per heavy atom. The Morgan fingerprint density at radius 3 is 2.04 bits per heavy atom. The first-order chi connectivity index (χ1) is 13.5. The zero-order valence-electron chi connectivity index (χ0n) is 15.8. The highest BCUT2D eigenvalue weighted by molar-refractivity contribution is 14.1. The number of halogens is 1. The topological polar surface area (TPSA) is 66.5 Å². The van der Waals surface area contributed by atoms with E-state index in [0.29, 0.717) is 11.8 Å². The van der Waals surface area contributed by atoms with Crippen molar-refractivity contribution < 1.29 is 14.4 Å². The molecule has 1 aromatic carbocycles. The monoisotopic (exact) mass is 492 g/mol. The predicted molar refractivity (Wildman–Crippen MR) is 113 cm³/mol. The summed E-state index contributed by atoms with van der Waals surface area (Å²) in [5.74, 6) is 0.997. The van der Waals surface area contributed by atoms with Gasteiger partial charge in [0.05, 0.1) is 11.8 Å². The van der Waals surface area contributed by atoms with Crippen LogP contribution < -0.4 is 5.32 Å². The van der Waals surface area contributed by atoms with Crippen molar-refractivity contribution in [3.8, 4) is 0 Å². The number of fused-ring (bicyclic) bond motifs is 5. The molecule has 5 rings (SSSR count). The lowest BCUT2D eigenvalue weighted by Gasteiger charge is -2.33. The van der Waals surface area contributed by atoms with Crippen LogP contribution in [0.15, 0.2) is 24.3 Å². The maximum atomic E-state index is 13.0. The Bertz CT molecular complexity index is 788. The molecule has 4 atom stereocenters. The van der Waals surface area contributed by atoms with Gasteiger partial charge in [0, 0.05) is 21.2 Å². The van der Waals surface area contributed by atoms with Crippen LogP contribution in [-0.4, -0.2) is 28.7 Å². The fourth-order valence-electron chi connectivity index (χ4n) is 6.17. The van der Waals surface area contributed by atoms with Crippen molar-refractivity contribution in [2.45, 2.75) is 51.0 Å². The quantitative estimate of drug-likeness (QED) is 0.516. The van der Waals surface area contributed by atoms with Gasteiger partial charge in [-0.1, -0.05) is 0 Å². The second-order valence-corrected chi connectivity index (χ2v) is 10.2. The molecule has 3 amide bonds. The summed E-state index contributed by atoms with van der Waals surface area (Å²) < 4.78 is 1.13. The van der Waals surface area contributed by atoms with Crippen LogP contribution in [0, 0.1) is 33.2 Å². The summed E-state index contributed by atoms with van der Waals surface area (Å²) in [6.45, 7) is 0. The van der Waals surface area contributed by atoms with Gasteiger partial charge in [0.25, 0.3) is 0 Å². The summed E-state index contributed by atoms with van der Waals surface area (Å²) >= 11 is 2.24. The molecule has 6 heteroatoms. The Labute approximate surface area is 178 Å². The van der Waals surface area contributed by atoms with Crippen LogP contribution in [0.1, 0.15) is 44.9 Å². The van der Waals surface area contributed by atoms with Gasteiger partial charge in [0.2, 0.25) is 17.7 Å². The third kappa shape index (κ3) is 2.99. The first-order valence-corrected chi connectivity index (χ1v) is 11.5. The molecule has 4 aliphatic rings. The van der Waals surface area contributed by atoms with E-state index in [1.165, 1.54) is 0 Å². The Balaban J connectivity index is 1.20. The van der Waals surface area contributed by atoms with Crippen molar-refractivity contribution >= 4 is 46.0 Å². The van der Waals surface area contributed by atoms with Crippen molar-refractivity contribution in [1.29, 1.82) is 0 Å². The molecule has 1 aliphatic heterocycles. The number of imide groups is 1. The average Bonchev–Trinajstić information content (AvgIpc) is 3.38. The highest BCUT2D eigenvalue weighted by atomic mass is 127. The zero-order chi connectivity index (χ0) is 19.4. The fourth-order valence-corrected chi connectivity index (χ4v) is 6.53. The van der Waals surface area contributed by atoms with E-state index >= 15 is 0 Å². The number of hydrogen-bond donors (Lipinski definition) is 1. The number of carbonyl (C=O) groups is 3. The SMILES string of the molecule is O=C(Nc1ccc(I)cc1)C1CCC(N2C(=O)[C@@H]3[C@H]4CC[C@@H](C4)[C@H]3C2=O)CC1. The summed E-state index contributed by atoms with van der Waals surface area (Å²) in [5.41, 5.74) is 0.820. The molecule has 5 nitrogen and oxygen atoms in total. The van der Waals surface area contributed by atoms with Gasteiger partial charge in [0.1, 0.15) is 0 Å². The van der Waals surface area contributed by atoms with E-state index in [1.54, 1.807) is 4.90 Å². The summed E-state index contributed by atoms with van der Waals surface area (Å²) in [6, 6.07) is 7.77. The third-order valence-electron chi connectivity index (χ3n) is 7.51. The van der Waals surface area contributed by atoms with Crippen LogP contribution in [0.25, 0.3) is 0 Å². The first-order valence-electron chi connectivity index (χ1n) is 10.5. The molecule has 0 unspecified atom stereocenters. The normalized spacial score (nSPS) is 36.7. The zero-order valence-corrected chi connectivity index (χ0v) is 17.9. The summed E-state index contributed by atoms with van der Waals surface area (Å²) in [6.07, 6.45) is 6.27. The van der Waals surface area contributed by atoms with Crippen molar-refractivity contribution in [3.63, 3.8) is 0 Å². The molecule has 28 heavy (non-hydrogen) atoms. The Kier molecular flexibility index (Phi) is 4.72. The summed E-state index contributed by atoms with van der Waals surface area (Å²) in [7, 11) is 0. The Hall–Kier alpha value is -1.44. The lowest BCUT2D eigenvalue weighted by atomic mass is 9.81. The lowest BCUT2D eigenvalue weighted by Crippen LogP contribution is -2.44. The molecule has 1 N–H and O–H groups in total. The van der Waals surface area contributed by atoms with E-state index in [0.717, 1.165) is 54.2 Å². The van der Waals surface area contributed by atoms with Crippen LogP contribution in [-0.2, 0) is 14.4 Å². The average molecular weight is 492 g/mol. The summed E-state index contributed by atoms with van der Waals surface area (Å²) in [5, 5.41) is 3.00.